The average molecular weight is 428 g/mol. The van der Waals surface area contributed by atoms with Gasteiger partial charge in [-0.25, -0.2) is 4.98 Å². The molecule has 3 saturated heterocycles. The lowest BCUT2D eigenvalue weighted by molar-refractivity contribution is 0.0786. The third kappa shape index (κ3) is 4.03. The molecule has 2 atom stereocenters. The van der Waals surface area contributed by atoms with E-state index in [0.717, 1.165) is 64.3 Å². The summed E-state index contributed by atoms with van der Waals surface area (Å²) >= 11 is 0. The van der Waals surface area contributed by atoms with Crippen molar-refractivity contribution < 1.29 is 4.79 Å². The third-order valence-corrected chi connectivity index (χ3v) is 6.99. The molecule has 3 aliphatic rings. The zero-order valence-electron chi connectivity index (χ0n) is 17.3. The van der Waals surface area contributed by atoms with Crippen LogP contribution in [0.1, 0.15) is 35.3 Å². The summed E-state index contributed by atoms with van der Waals surface area (Å²) in [6.07, 6.45) is 7.89. The van der Waals surface area contributed by atoms with Crippen molar-refractivity contribution in [1.29, 1.82) is 0 Å². The molecule has 6 nitrogen and oxygen atoms in total. The first kappa shape index (κ1) is 21.1. The maximum absolute atomic E-state index is 12.7. The van der Waals surface area contributed by atoms with Gasteiger partial charge in [-0.15, -0.1) is 12.4 Å². The second-order valence-electron chi connectivity index (χ2n) is 8.82. The van der Waals surface area contributed by atoms with E-state index in [4.69, 9.17) is 4.98 Å². The first-order valence-electron chi connectivity index (χ1n) is 10.8. The van der Waals surface area contributed by atoms with Crippen molar-refractivity contribution in [1.82, 2.24) is 20.2 Å². The van der Waals surface area contributed by atoms with Crippen LogP contribution in [0.25, 0.3) is 0 Å². The van der Waals surface area contributed by atoms with Crippen LogP contribution in [0.15, 0.2) is 42.7 Å². The lowest BCUT2D eigenvalue weighted by Crippen LogP contribution is -2.34. The first-order chi connectivity index (χ1) is 14.2. The molecule has 2 unspecified atom stereocenters. The number of aromatic nitrogens is 2. The number of hydrogen-bond donors (Lipinski definition) is 1. The summed E-state index contributed by atoms with van der Waals surface area (Å²) in [4.78, 5) is 26.1. The highest BCUT2D eigenvalue weighted by Crippen LogP contribution is 2.43. The molecule has 1 N–H and O–H groups in total. The zero-order chi connectivity index (χ0) is 19.7. The quantitative estimate of drug-likeness (QED) is 0.795. The second kappa shape index (κ2) is 8.90. The van der Waals surface area contributed by atoms with Gasteiger partial charge in [0.2, 0.25) is 0 Å². The summed E-state index contributed by atoms with van der Waals surface area (Å²) < 4.78 is 0. The van der Waals surface area contributed by atoms with Crippen molar-refractivity contribution in [3.05, 3.63) is 54.0 Å². The second-order valence-corrected chi connectivity index (χ2v) is 8.82. The molecule has 0 spiro atoms. The van der Waals surface area contributed by atoms with Crippen molar-refractivity contribution in [2.24, 2.45) is 11.3 Å². The van der Waals surface area contributed by atoms with Crippen molar-refractivity contribution in [3.8, 4) is 0 Å². The summed E-state index contributed by atoms with van der Waals surface area (Å²) in [5.74, 6) is 1.49. The van der Waals surface area contributed by atoms with Crippen LogP contribution in [0.5, 0.6) is 0 Å². The van der Waals surface area contributed by atoms with Crippen molar-refractivity contribution in [2.45, 2.75) is 25.7 Å². The molecule has 3 aliphatic heterocycles. The molecule has 1 amide bonds. The topological polar surface area (TPSA) is 61.4 Å². The molecule has 7 heteroatoms. The van der Waals surface area contributed by atoms with Gasteiger partial charge in [0.15, 0.2) is 0 Å². The lowest BCUT2D eigenvalue weighted by Gasteiger charge is -2.28. The van der Waals surface area contributed by atoms with Crippen LogP contribution in [-0.4, -0.2) is 60.0 Å². The molecule has 0 bridgehead atoms. The Labute approximate surface area is 184 Å². The molecule has 0 aliphatic carbocycles. The maximum Gasteiger partial charge on any atom is 0.274 e. The van der Waals surface area contributed by atoms with Gasteiger partial charge in [0, 0.05) is 44.7 Å². The van der Waals surface area contributed by atoms with E-state index in [-0.39, 0.29) is 23.7 Å². The predicted molar refractivity (Wildman–Crippen MR) is 120 cm³/mol. The Morgan fingerprint density at radius 1 is 1.17 bits per heavy atom. The molecule has 30 heavy (non-hydrogen) atoms. The van der Waals surface area contributed by atoms with E-state index in [1.54, 1.807) is 6.20 Å². The number of nitrogens with zero attached hydrogens (tertiary/aromatic N) is 4. The Kier molecular flexibility index (Phi) is 6.25. The number of aryl methyl sites for hydroxylation is 1. The number of halogens is 1. The Hall–Kier alpha value is -2.18. The zero-order valence-corrected chi connectivity index (χ0v) is 18.1. The van der Waals surface area contributed by atoms with Gasteiger partial charge in [-0.3, -0.25) is 9.78 Å². The Bertz CT molecular complexity index is 873. The summed E-state index contributed by atoms with van der Waals surface area (Å²) in [7, 11) is 0. The lowest BCUT2D eigenvalue weighted by atomic mass is 9.76. The number of fused-ring (bicyclic) bond motifs is 1. The van der Waals surface area contributed by atoms with Gasteiger partial charge < -0.3 is 15.1 Å². The van der Waals surface area contributed by atoms with E-state index >= 15 is 0 Å². The van der Waals surface area contributed by atoms with Crippen LogP contribution in [0.3, 0.4) is 0 Å². The van der Waals surface area contributed by atoms with E-state index in [1.165, 1.54) is 12.0 Å². The van der Waals surface area contributed by atoms with Gasteiger partial charge in [-0.1, -0.05) is 30.3 Å². The first-order valence-corrected chi connectivity index (χ1v) is 10.8. The number of nitrogens with one attached hydrogen (secondary N) is 1. The molecule has 4 heterocycles. The van der Waals surface area contributed by atoms with Crippen molar-refractivity contribution in [3.63, 3.8) is 0 Å². The summed E-state index contributed by atoms with van der Waals surface area (Å²) in [6.45, 7) is 5.76. The molecular weight excluding hydrogens is 398 g/mol. The highest BCUT2D eigenvalue weighted by molar-refractivity contribution is 5.92. The van der Waals surface area contributed by atoms with E-state index in [2.05, 4.69) is 45.5 Å². The molecule has 1 aromatic carbocycles. The molecule has 5 rings (SSSR count). The van der Waals surface area contributed by atoms with E-state index < -0.39 is 0 Å². The number of rotatable bonds is 5. The Balaban J connectivity index is 0.00000218. The monoisotopic (exact) mass is 427 g/mol. The maximum atomic E-state index is 12.7. The number of hydrogen-bond acceptors (Lipinski definition) is 5. The Morgan fingerprint density at radius 3 is 2.77 bits per heavy atom. The van der Waals surface area contributed by atoms with Gasteiger partial charge >= 0.3 is 0 Å². The van der Waals surface area contributed by atoms with Crippen LogP contribution in [-0.2, 0) is 6.42 Å². The fourth-order valence-corrected chi connectivity index (χ4v) is 5.29. The minimum atomic E-state index is 0. The minimum absolute atomic E-state index is 0. The van der Waals surface area contributed by atoms with Crippen molar-refractivity contribution in [2.75, 3.05) is 44.2 Å². The van der Waals surface area contributed by atoms with Gasteiger partial charge in [0.25, 0.3) is 5.91 Å². The fourth-order valence-electron chi connectivity index (χ4n) is 5.29. The molecule has 160 valence electrons. The Morgan fingerprint density at radius 2 is 1.97 bits per heavy atom. The van der Waals surface area contributed by atoms with E-state index in [1.807, 2.05) is 11.1 Å². The number of carbonyl (C=O) groups is 1. The van der Waals surface area contributed by atoms with Crippen LogP contribution in [0.2, 0.25) is 0 Å². The highest BCUT2D eigenvalue weighted by atomic mass is 35.5. The molecule has 0 radical (unpaired) electrons. The number of benzene rings is 1. The largest absolute Gasteiger partial charge is 0.354 e. The molecular formula is C23H30ClN5O. The highest BCUT2D eigenvalue weighted by Gasteiger charge is 2.49. The van der Waals surface area contributed by atoms with Crippen molar-refractivity contribution >= 4 is 24.1 Å². The summed E-state index contributed by atoms with van der Waals surface area (Å²) in [5.41, 5.74) is 2.16. The average Bonchev–Trinajstić information content (AvgIpc) is 3.49. The molecule has 2 aromatic rings. The third-order valence-electron chi connectivity index (χ3n) is 6.99. The number of anilines is 1. The summed E-state index contributed by atoms with van der Waals surface area (Å²) in [5, 5.41) is 3.62. The molecule has 1 aromatic heterocycles. The number of amides is 1. The smallest absolute Gasteiger partial charge is 0.274 e. The van der Waals surface area contributed by atoms with Gasteiger partial charge in [-0.05, 0) is 37.2 Å². The predicted octanol–water partition coefficient (Wildman–Crippen LogP) is 2.79. The van der Waals surface area contributed by atoms with Crippen LogP contribution >= 0.6 is 12.4 Å². The van der Waals surface area contributed by atoms with Gasteiger partial charge in [-0.2, -0.15) is 0 Å². The number of carbonyl (C=O) groups excluding carboxylic acids is 1. The summed E-state index contributed by atoms with van der Waals surface area (Å²) in [6, 6.07) is 10.8. The van der Waals surface area contributed by atoms with Crippen LogP contribution in [0.4, 0.5) is 5.82 Å². The van der Waals surface area contributed by atoms with Gasteiger partial charge in [0.05, 0.1) is 12.4 Å². The SMILES string of the molecule is Cl.O=C(c1cncc(N2CC3CNCC3(CCc3ccccc3)C2)n1)N1CCCC1. The van der Waals surface area contributed by atoms with Crippen LogP contribution < -0.4 is 10.2 Å². The van der Waals surface area contributed by atoms with E-state index in [9.17, 15) is 4.79 Å². The number of likely N-dealkylation sites (tertiary alicyclic amines) is 1. The standard InChI is InChI=1S/C23H29N5O.ClH/c29-22(27-10-4-5-11-27)20-13-24-14-21(26-20)28-15-19-12-25-16-23(19,17-28)9-8-18-6-2-1-3-7-18;/h1-3,6-7,13-14,19,25H,4-5,8-12,15-17H2;1H. The normalized spacial score (nSPS) is 25.3. The van der Waals surface area contributed by atoms with Gasteiger partial charge in [0.1, 0.15) is 11.5 Å². The fraction of sp³-hybridized carbons (Fsp3) is 0.522. The molecule has 3 fully saturated rings. The molecule has 0 saturated carbocycles. The van der Waals surface area contributed by atoms with E-state index in [0.29, 0.717) is 11.6 Å². The minimum Gasteiger partial charge on any atom is -0.354 e. The van der Waals surface area contributed by atoms with Crippen LogP contribution in [0, 0.1) is 11.3 Å².